The van der Waals surface area contributed by atoms with Gasteiger partial charge in [-0.3, -0.25) is 9.59 Å². The van der Waals surface area contributed by atoms with E-state index in [4.69, 9.17) is 15.2 Å². The fourth-order valence-electron chi connectivity index (χ4n) is 1.18. The summed E-state index contributed by atoms with van der Waals surface area (Å²) in [5.41, 5.74) is 5.40. The Balaban J connectivity index is 0. The molecule has 0 aromatic rings. The zero-order valence-electron chi connectivity index (χ0n) is 11.1. The van der Waals surface area contributed by atoms with E-state index in [0.29, 0.717) is 6.61 Å². The molecule has 0 fully saturated rings. The van der Waals surface area contributed by atoms with Gasteiger partial charge < -0.3 is 20.5 Å². The summed E-state index contributed by atoms with van der Waals surface area (Å²) in [6.45, 7) is 4.34. The molecular weight excluding hydrogens is 260 g/mol. The Morgan fingerprint density at radius 3 is 2.44 bits per heavy atom. The summed E-state index contributed by atoms with van der Waals surface area (Å²) in [6, 6.07) is 0. The topological polar surface area (TPSA) is 90.7 Å². The van der Waals surface area contributed by atoms with Gasteiger partial charge in [-0.1, -0.05) is 6.92 Å². The third-order valence-electron chi connectivity index (χ3n) is 2.30. The Bertz CT molecular complexity index is 247. The molecule has 0 radical (unpaired) electrons. The smallest absolute Gasteiger partial charge is 0.310 e. The normalized spacial score (nSPS) is 13.1. The largest absolute Gasteiger partial charge is 0.466 e. The van der Waals surface area contributed by atoms with E-state index in [-0.39, 0.29) is 55.8 Å². The fourth-order valence-corrected chi connectivity index (χ4v) is 1.18. The van der Waals surface area contributed by atoms with Crippen LogP contribution in [0.5, 0.6) is 0 Å². The van der Waals surface area contributed by atoms with E-state index < -0.39 is 0 Å². The Labute approximate surface area is 114 Å². The van der Waals surface area contributed by atoms with Gasteiger partial charge in [-0.25, -0.2) is 0 Å². The van der Waals surface area contributed by atoms with Crippen LogP contribution in [-0.2, 0) is 19.1 Å². The Kier molecular flexibility index (Phi) is 12.2. The number of halogens is 1. The highest BCUT2D eigenvalue weighted by Crippen LogP contribution is 1.98. The average molecular weight is 283 g/mol. The first-order valence-electron chi connectivity index (χ1n) is 5.71. The molecule has 0 aromatic carbocycles. The fraction of sp³-hybridized carbons (Fsp3) is 0.818. The molecule has 0 aliphatic heterocycles. The van der Waals surface area contributed by atoms with Gasteiger partial charge in [0.2, 0.25) is 5.91 Å². The highest BCUT2D eigenvalue weighted by atomic mass is 35.5. The second-order valence-corrected chi connectivity index (χ2v) is 3.75. The van der Waals surface area contributed by atoms with Gasteiger partial charge in [0.05, 0.1) is 25.0 Å². The predicted molar refractivity (Wildman–Crippen MR) is 70.5 cm³/mol. The lowest BCUT2D eigenvalue weighted by atomic mass is 10.1. The summed E-state index contributed by atoms with van der Waals surface area (Å²) < 4.78 is 9.81. The molecule has 18 heavy (non-hydrogen) atoms. The average Bonchev–Trinajstić information content (AvgIpc) is 2.33. The first-order valence-corrected chi connectivity index (χ1v) is 5.71. The standard InChI is InChI=1S/C11H22N2O4.ClH/c1-4-17-11(15)8(2)7-13-10(14)5-9(6-12)16-3;/h8-9H,4-7,12H2,1-3H3,(H,13,14);1H. The van der Waals surface area contributed by atoms with Crippen LogP contribution in [-0.4, -0.2) is 44.8 Å². The van der Waals surface area contributed by atoms with Gasteiger partial charge in [0.25, 0.3) is 0 Å². The van der Waals surface area contributed by atoms with Crippen LogP contribution in [0.1, 0.15) is 20.3 Å². The maximum absolute atomic E-state index is 11.5. The quantitative estimate of drug-likeness (QED) is 0.616. The number of hydrogen-bond donors (Lipinski definition) is 2. The highest BCUT2D eigenvalue weighted by molar-refractivity contribution is 5.85. The minimum Gasteiger partial charge on any atom is -0.466 e. The van der Waals surface area contributed by atoms with E-state index in [2.05, 4.69) is 5.32 Å². The Morgan fingerprint density at radius 1 is 1.39 bits per heavy atom. The highest BCUT2D eigenvalue weighted by Gasteiger charge is 2.16. The molecule has 0 heterocycles. The number of nitrogens with one attached hydrogen (secondary N) is 1. The van der Waals surface area contributed by atoms with E-state index in [9.17, 15) is 9.59 Å². The summed E-state index contributed by atoms with van der Waals surface area (Å²) in [5, 5.41) is 2.65. The van der Waals surface area contributed by atoms with Crippen molar-refractivity contribution in [1.82, 2.24) is 5.32 Å². The van der Waals surface area contributed by atoms with Gasteiger partial charge in [0.1, 0.15) is 0 Å². The predicted octanol–water partition coefficient (Wildman–Crippen LogP) is 0.0874. The van der Waals surface area contributed by atoms with Gasteiger partial charge in [-0.05, 0) is 6.92 Å². The first-order chi connectivity index (χ1) is 8.04. The molecule has 0 saturated carbocycles. The number of carbonyl (C=O) groups excluding carboxylic acids is 2. The number of nitrogens with two attached hydrogens (primary N) is 1. The molecule has 2 unspecified atom stereocenters. The summed E-state index contributed by atoms with van der Waals surface area (Å²) in [5.74, 6) is -0.842. The van der Waals surface area contributed by atoms with Gasteiger partial charge in [0, 0.05) is 20.2 Å². The second kappa shape index (κ2) is 11.3. The molecule has 0 rings (SSSR count). The lowest BCUT2D eigenvalue weighted by Gasteiger charge is -2.14. The zero-order chi connectivity index (χ0) is 13.3. The van der Waals surface area contributed by atoms with Gasteiger partial charge in [-0.2, -0.15) is 0 Å². The van der Waals surface area contributed by atoms with Crippen molar-refractivity contribution >= 4 is 24.3 Å². The molecule has 6 nitrogen and oxygen atoms in total. The third-order valence-corrected chi connectivity index (χ3v) is 2.30. The van der Waals surface area contributed by atoms with Crippen molar-refractivity contribution in [2.75, 3.05) is 26.8 Å². The number of hydrogen-bond acceptors (Lipinski definition) is 5. The minimum absolute atomic E-state index is 0. The maximum atomic E-state index is 11.5. The van der Waals surface area contributed by atoms with Crippen LogP contribution in [0.25, 0.3) is 0 Å². The van der Waals surface area contributed by atoms with Crippen molar-refractivity contribution in [2.45, 2.75) is 26.4 Å². The zero-order valence-corrected chi connectivity index (χ0v) is 11.9. The van der Waals surface area contributed by atoms with Crippen LogP contribution in [0.15, 0.2) is 0 Å². The van der Waals surface area contributed by atoms with Crippen LogP contribution in [0.2, 0.25) is 0 Å². The molecule has 0 spiro atoms. The summed E-state index contributed by atoms with van der Waals surface area (Å²) in [7, 11) is 1.51. The van der Waals surface area contributed by atoms with Gasteiger partial charge in [0.15, 0.2) is 0 Å². The van der Waals surface area contributed by atoms with Gasteiger partial charge >= 0.3 is 5.97 Å². The number of ether oxygens (including phenoxy) is 2. The second-order valence-electron chi connectivity index (χ2n) is 3.75. The SMILES string of the molecule is CCOC(=O)C(C)CNC(=O)CC(CN)OC.Cl. The lowest BCUT2D eigenvalue weighted by molar-refractivity contribution is -0.147. The van der Waals surface area contributed by atoms with Crippen LogP contribution < -0.4 is 11.1 Å². The van der Waals surface area contributed by atoms with E-state index in [0.717, 1.165) is 0 Å². The summed E-state index contributed by atoms with van der Waals surface area (Å²) in [6.07, 6.45) is -0.0874. The molecule has 0 aliphatic rings. The van der Waals surface area contributed by atoms with Crippen LogP contribution in [0.3, 0.4) is 0 Å². The molecule has 0 aliphatic carbocycles. The van der Waals surface area contributed by atoms with Crippen molar-refractivity contribution < 1.29 is 19.1 Å². The van der Waals surface area contributed by atoms with Crippen molar-refractivity contribution in [1.29, 1.82) is 0 Å². The third kappa shape index (κ3) is 8.27. The Hall–Kier alpha value is -0.850. The van der Waals surface area contributed by atoms with Crippen LogP contribution >= 0.6 is 12.4 Å². The molecule has 1 amide bonds. The summed E-state index contributed by atoms with van der Waals surface area (Å²) >= 11 is 0. The minimum atomic E-state index is -0.349. The number of carbonyl (C=O) groups is 2. The van der Waals surface area contributed by atoms with Crippen molar-refractivity contribution in [3.8, 4) is 0 Å². The van der Waals surface area contributed by atoms with E-state index in [1.807, 2.05) is 0 Å². The molecule has 0 saturated heterocycles. The number of esters is 1. The van der Waals surface area contributed by atoms with E-state index in [1.54, 1.807) is 13.8 Å². The first kappa shape index (κ1) is 19.5. The molecule has 2 atom stereocenters. The number of amides is 1. The monoisotopic (exact) mass is 282 g/mol. The maximum Gasteiger partial charge on any atom is 0.310 e. The molecule has 3 N–H and O–H groups in total. The van der Waals surface area contributed by atoms with Crippen LogP contribution in [0.4, 0.5) is 0 Å². The number of rotatable bonds is 8. The lowest BCUT2D eigenvalue weighted by Crippen LogP contribution is -2.36. The van der Waals surface area contributed by atoms with Gasteiger partial charge in [-0.15, -0.1) is 12.4 Å². The molecule has 7 heteroatoms. The van der Waals surface area contributed by atoms with E-state index in [1.165, 1.54) is 7.11 Å². The van der Waals surface area contributed by atoms with Crippen molar-refractivity contribution in [3.63, 3.8) is 0 Å². The Morgan fingerprint density at radius 2 is 2.00 bits per heavy atom. The van der Waals surface area contributed by atoms with Crippen LogP contribution in [0, 0.1) is 5.92 Å². The number of methoxy groups -OCH3 is 1. The molecule has 0 aromatic heterocycles. The van der Waals surface area contributed by atoms with Crippen molar-refractivity contribution in [3.05, 3.63) is 0 Å². The molecular formula is C11H23ClN2O4. The van der Waals surface area contributed by atoms with E-state index >= 15 is 0 Å². The summed E-state index contributed by atoms with van der Waals surface area (Å²) in [4.78, 5) is 22.7. The van der Waals surface area contributed by atoms with Crippen molar-refractivity contribution in [2.24, 2.45) is 11.7 Å². The molecule has 108 valence electrons. The molecule has 0 bridgehead atoms.